The lowest BCUT2D eigenvalue weighted by molar-refractivity contribution is -0.137. The second kappa shape index (κ2) is 7.67. The molecule has 1 aliphatic rings. The average Bonchev–Trinajstić information content (AvgIpc) is 3.44. The highest BCUT2D eigenvalue weighted by molar-refractivity contribution is 6.31. The molecule has 28 heavy (non-hydrogen) atoms. The van der Waals surface area contributed by atoms with E-state index in [4.69, 9.17) is 11.6 Å². The van der Waals surface area contributed by atoms with Gasteiger partial charge in [-0.05, 0) is 48.2 Å². The van der Waals surface area contributed by atoms with Gasteiger partial charge in [-0.2, -0.15) is 13.2 Å². The average molecular weight is 410 g/mol. The number of carbonyl (C=O) groups is 2. The minimum atomic E-state index is -4.53. The third-order valence-electron chi connectivity index (χ3n) is 4.25. The number of alkyl halides is 3. The Balaban J connectivity index is 1.82. The third kappa shape index (κ3) is 4.72. The highest BCUT2D eigenvalue weighted by atomic mass is 35.5. The lowest BCUT2D eigenvalue weighted by Crippen LogP contribution is -2.16. The van der Waals surface area contributed by atoms with E-state index in [0.29, 0.717) is 11.1 Å². The van der Waals surface area contributed by atoms with Crippen LogP contribution in [0.4, 0.5) is 18.9 Å². The van der Waals surface area contributed by atoms with Gasteiger partial charge in [0.05, 0.1) is 21.8 Å². The summed E-state index contributed by atoms with van der Waals surface area (Å²) in [5.74, 6) is -1.46. The SMILES string of the molecule is O=C(O)c1cc(C=Cc2ccc(C(F)(F)F)c(Cl)c2)ccc1NC(=O)C1CC1. The van der Waals surface area contributed by atoms with Gasteiger partial charge in [0.2, 0.25) is 5.91 Å². The van der Waals surface area contributed by atoms with E-state index in [0.717, 1.165) is 18.9 Å². The summed E-state index contributed by atoms with van der Waals surface area (Å²) in [6, 6.07) is 7.82. The van der Waals surface area contributed by atoms with Gasteiger partial charge in [-0.25, -0.2) is 4.79 Å². The predicted molar refractivity (Wildman–Crippen MR) is 100 cm³/mol. The van der Waals surface area contributed by atoms with Crippen molar-refractivity contribution in [1.29, 1.82) is 0 Å². The van der Waals surface area contributed by atoms with Crippen molar-refractivity contribution in [3.63, 3.8) is 0 Å². The number of aromatic carboxylic acids is 1. The van der Waals surface area contributed by atoms with Gasteiger partial charge in [0.25, 0.3) is 0 Å². The smallest absolute Gasteiger partial charge is 0.417 e. The Morgan fingerprint density at radius 1 is 1.07 bits per heavy atom. The first-order valence-corrected chi connectivity index (χ1v) is 8.76. The van der Waals surface area contributed by atoms with Crippen LogP contribution in [0.25, 0.3) is 12.2 Å². The first-order valence-electron chi connectivity index (χ1n) is 8.38. The molecule has 0 bridgehead atoms. The Morgan fingerprint density at radius 3 is 2.21 bits per heavy atom. The fraction of sp³-hybridized carbons (Fsp3) is 0.200. The number of anilines is 1. The first-order chi connectivity index (χ1) is 13.1. The molecule has 0 heterocycles. The van der Waals surface area contributed by atoms with Crippen LogP contribution >= 0.6 is 11.6 Å². The summed E-state index contributed by atoms with van der Waals surface area (Å²) in [5.41, 5.74) is 0.162. The summed E-state index contributed by atoms with van der Waals surface area (Å²) < 4.78 is 38.2. The van der Waals surface area contributed by atoms with Crippen molar-refractivity contribution >= 4 is 41.3 Å². The molecule has 3 rings (SSSR count). The Morgan fingerprint density at radius 2 is 1.68 bits per heavy atom. The van der Waals surface area contributed by atoms with Crippen LogP contribution in [0, 0.1) is 5.92 Å². The zero-order valence-electron chi connectivity index (χ0n) is 14.4. The number of amides is 1. The van der Waals surface area contributed by atoms with Crippen LogP contribution in [-0.4, -0.2) is 17.0 Å². The fourth-order valence-electron chi connectivity index (χ4n) is 2.59. The number of carbonyl (C=O) groups excluding carboxylic acids is 1. The predicted octanol–water partition coefficient (Wildman–Crippen LogP) is 5.58. The number of nitrogens with one attached hydrogen (secondary N) is 1. The third-order valence-corrected chi connectivity index (χ3v) is 4.56. The number of hydrogen-bond acceptors (Lipinski definition) is 2. The van der Waals surface area contributed by atoms with Crippen LogP contribution in [-0.2, 0) is 11.0 Å². The number of carboxylic acid groups (broad SMARTS) is 1. The van der Waals surface area contributed by atoms with E-state index in [1.54, 1.807) is 12.1 Å². The molecule has 0 unspecified atom stereocenters. The highest BCUT2D eigenvalue weighted by Gasteiger charge is 2.33. The van der Waals surface area contributed by atoms with Gasteiger partial charge in [-0.3, -0.25) is 4.79 Å². The maximum atomic E-state index is 12.7. The molecule has 2 aromatic rings. The highest BCUT2D eigenvalue weighted by Crippen LogP contribution is 2.35. The maximum Gasteiger partial charge on any atom is 0.417 e. The van der Waals surface area contributed by atoms with E-state index in [2.05, 4.69) is 5.32 Å². The molecular weight excluding hydrogens is 395 g/mol. The first kappa shape index (κ1) is 19.9. The molecular formula is C20H15ClF3NO3. The van der Waals surface area contributed by atoms with Crippen molar-refractivity contribution in [3.05, 3.63) is 63.7 Å². The summed E-state index contributed by atoms with van der Waals surface area (Å²) >= 11 is 5.69. The number of carboxylic acids is 1. The van der Waals surface area contributed by atoms with Crippen molar-refractivity contribution in [3.8, 4) is 0 Å². The molecule has 0 radical (unpaired) electrons. The van der Waals surface area contributed by atoms with Gasteiger partial charge >= 0.3 is 12.1 Å². The van der Waals surface area contributed by atoms with E-state index in [-0.39, 0.29) is 23.1 Å². The van der Waals surface area contributed by atoms with Crippen LogP contribution in [0.1, 0.15) is 39.9 Å². The molecule has 8 heteroatoms. The van der Waals surface area contributed by atoms with Crippen molar-refractivity contribution in [1.82, 2.24) is 0 Å². The second-order valence-electron chi connectivity index (χ2n) is 6.44. The van der Waals surface area contributed by atoms with E-state index in [1.165, 1.54) is 30.3 Å². The Bertz CT molecular complexity index is 966. The zero-order valence-corrected chi connectivity index (χ0v) is 15.1. The maximum absolute atomic E-state index is 12.7. The van der Waals surface area contributed by atoms with Crippen LogP contribution in [0.5, 0.6) is 0 Å². The van der Waals surface area contributed by atoms with E-state index in [1.807, 2.05) is 0 Å². The van der Waals surface area contributed by atoms with Gasteiger partial charge in [0.15, 0.2) is 0 Å². The summed E-state index contributed by atoms with van der Waals surface area (Å²) in [6.45, 7) is 0. The molecule has 4 nitrogen and oxygen atoms in total. The summed E-state index contributed by atoms with van der Waals surface area (Å²) in [4.78, 5) is 23.4. The van der Waals surface area contributed by atoms with Gasteiger partial charge in [-0.15, -0.1) is 0 Å². The monoisotopic (exact) mass is 409 g/mol. The molecule has 2 aromatic carbocycles. The molecule has 1 saturated carbocycles. The standard InChI is InChI=1S/C20H15ClF3NO3/c21-16-10-12(3-7-15(16)20(22,23)24)2-1-11-4-8-17(14(9-11)19(27)28)25-18(26)13-5-6-13/h1-4,7-10,13H,5-6H2,(H,25,26)(H,27,28). The normalized spacial score (nSPS) is 14.3. The van der Waals surface area contributed by atoms with E-state index in [9.17, 15) is 27.9 Å². The van der Waals surface area contributed by atoms with Crippen LogP contribution in [0.2, 0.25) is 5.02 Å². The lowest BCUT2D eigenvalue weighted by atomic mass is 10.1. The van der Waals surface area contributed by atoms with Crippen LogP contribution in [0.15, 0.2) is 36.4 Å². The fourth-order valence-corrected chi connectivity index (χ4v) is 2.89. The van der Waals surface area contributed by atoms with Crippen molar-refractivity contribution in [2.45, 2.75) is 19.0 Å². The molecule has 0 aromatic heterocycles. The van der Waals surface area contributed by atoms with Gasteiger partial charge in [-0.1, -0.05) is 35.9 Å². The second-order valence-corrected chi connectivity index (χ2v) is 6.85. The van der Waals surface area contributed by atoms with Gasteiger partial charge < -0.3 is 10.4 Å². The molecule has 0 atom stereocenters. The lowest BCUT2D eigenvalue weighted by Gasteiger charge is -2.09. The Kier molecular flexibility index (Phi) is 5.47. The van der Waals surface area contributed by atoms with Gasteiger partial charge in [0, 0.05) is 5.92 Å². The summed E-state index contributed by atoms with van der Waals surface area (Å²) in [6.07, 6.45) is 0.138. The van der Waals surface area contributed by atoms with E-state index < -0.39 is 22.7 Å². The number of hydrogen-bond donors (Lipinski definition) is 2. The number of benzene rings is 2. The molecule has 0 spiro atoms. The summed E-state index contributed by atoms with van der Waals surface area (Å²) in [7, 11) is 0. The molecule has 1 fully saturated rings. The van der Waals surface area contributed by atoms with Crippen molar-refractivity contribution in [2.24, 2.45) is 5.92 Å². The van der Waals surface area contributed by atoms with Crippen LogP contribution < -0.4 is 5.32 Å². The van der Waals surface area contributed by atoms with E-state index >= 15 is 0 Å². The topological polar surface area (TPSA) is 66.4 Å². The quantitative estimate of drug-likeness (QED) is 0.634. The van der Waals surface area contributed by atoms with Gasteiger partial charge in [0.1, 0.15) is 0 Å². The Hall–Kier alpha value is -2.80. The molecule has 0 saturated heterocycles. The number of rotatable bonds is 5. The Labute approximate surface area is 163 Å². The summed E-state index contributed by atoms with van der Waals surface area (Å²) in [5, 5.41) is 11.6. The van der Waals surface area contributed by atoms with Crippen molar-refractivity contribution in [2.75, 3.05) is 5.32 Å². The molecule has 1 amide bonds. The molecule has 146 valence electrons. The molecule has 1 aliphatic carbocycles. The largest absolute Gasteiger partial charge is 0.478 e. The minimum Gasteiger partial charge on any atom is -0.478 e. The minimum absolute atomic E-state index is 0.0642. The van der Waals surface area contributed by atoms with Crippen molar-refractivity contribution < 1.29 is 27.9 Å². The van der Waals surface area contributed by atoms with Crippen LogP contribution in [0.3, 0.4) is 0 Å². The molecule has 2 N–H and O–H groups in total. The number of halogens is 4. The zero-order chi connectivity index (χ0) is 20.5. The molecule has 0 aliphatic heterocycles.